The van der Waals surface area contributed by atoms with Crippen molar-refractivity contribution in [3.8, 4) is 0 Å². The largest absolute Gasteiger partial charge is 0.500 e. The molecule has 0 unspecified atom stereocenters. The number of hydrogen-bond donors (Lipinski definition) is 0. The van der Waals surface area contributed by atoms with Crippen molar-refractivity contribution in [3.05, 3.63) is 22.7 Å². The number of rotatable bonds is 3. The van der Waals surface area contributed by atoms with Gasteiger partial charge < -0.3 is 9.47 Å². The van der Waals surface area contributed by atoms with E-state index >= 15 is 0 Å². The minimum atomic E-state index is -0.0170. The Bertz CT molecular complexity index is 375. The topological polar surface area (TPSA) is 52.6 Å². The normalized spacial score (nSPS) is 21.1. The summed E-state index contributed by atoms with van der Waals surface area (Å²) in [5.74, 6) is 1.20. The second-order valence-electron chi connectivity index (χ2n) is 3.85. The SMILES string of the molecule is COC1=C(C2=C(OC)CCC2=O)C(=O)CC1. The fraction of sp³-hybridized carbons (Fsp3) is 0.500. The van der Waals surface area contributed by atoms with Crippen molar-refractivity contribution in [2.24, 2.45) is 0 Å². The smallest absolute Gasteiger partial charge is 0.167 e. The fourth-order valence-corrected chi connectivity index (χ4v) is 2.23. The Hall–Kier alpha value is -1.58. The summed E-state index contributed by atoms with van der Waals surface area (Å²) in [5, 5.41) is 0. The van der Waals surface area contributed by atoms with Gasteiger partial charge in [-0.15, -0.1) is 0 Å². The van der Waals surface area contributed by atoms with Crippen LogP contribution >= 0.6 is 0 Å². The molecule has 0 aromatic carbocycles. The summed E-state index contributed by atoms with van der Waals surface area (Å²) in [6, 6.07) is 0. The first kappa shape index (κ1) is 10.9. The number of carbonyl (C=O) groups excluding carboxylic acids is 2. The monoisotopic (exact) mass is 222 g/mol. The Balaban J connectivity index is 2.50. The average Bonchev–Trinajstić information content (AvgIpc) is 2.81. The molecule has 4 heteroatoms. The van der Waals surface area contributed by atoms with E-state index in [-0.39, 0.29) is 11.6 Å². The zero-order valence-corrected chi connectivity index (χ0v) is 9.46. The average molecular weight is 222 g/mol. The molecule has 0 saturated carbocycles. The van der Waals surface area contributed by atoms with Crippen LogP contribution in [0.4, 0.5) is 0 Å². The first-order valence-electron chi connectivity index (χ1n) is 5.30. The molecule has 0 fully saturated rings. The molecular weight excluding hydrogens is 208 g/mol. The van der Waals surface area contributed by atoms with Crippen molar-refractivity contribution in [1.29, 1.82) is 0 Å². The first-order valence-corrected chi connectivity index (χ1v) is 5.30. The highest BCUT2D eigenvalue weighted by atomic mass is 16.5. The molecule has 0 aliphatic heterocycles. The highest BCUT2D eigenvalue weighted by molar-refractivity contribution is 6.15. The Kier molecular flexibility index (Phi) is 2.81. The molecule has 0 bridgehead atoms. The molecule has 0 spiro atoms. The summed E-state index contributed by atoms with van der Waals surface area (Å²) < 4.78 is 10.3. The zero-order chi connectivity index (χ0) is 11.7. The number of methoxy groups -OCH3 is 2. The van der Waals surface area contributed by atoms with Crippen LogP contribution in [0.5, 0.6) is 0 Å². The first-order chi connectivity index (χ1) is 7.69. The predicted molar refractivity (Wildman–Crippen MR) is 56.6 cm³/mol. The lowest BCUT2D eigenvalue weighted by atomic mass is 10.0. The minimum absolute atomic E-state index is 0.0170. The van der Waals surface area contributed by atoms with Gasteiger partial charge in [-0.3, -0.25) is 9.59 Å². The highest BCUT2D eigenvalue weighted by Gasteiger charge is 2.35. The summed E-state index contributed by atoms with van der Waals surface area (Å²) in [6.45, 7) is 0. The van der Waals surface area contributed by atoms with Crippen LogP contribution in [0, 0.1) is 0 Å². The van der Waals surface area contributed by atoms with Gasteiger partial charge in [-0.1, -0.05) is 0 Å². The highest BCUT2D eigenvalue weighted by Crippen LogP contribution is 2.36. The van der Waals surface area contributed by atoms with E-state index < -0.39 is 0 Å². The molecule has 2 aliphatic rings. The minimum Gasteiger partial charge on any atom is -0.500 e. The number of carbonyl (C=O) groups is 2. The van der Waals surface area contributed by atoms with Crippen LogP contribution in [0.25, 0.3) is 0 Å². The van der Waals surface area contributed by atoms with Crippen LogP contribution in [0.15, 0.2) is 22.7 Å². The second-order valence-corrected chi connectivity index (χ2v) is 3.85. The third kappa shape index (κ3) is 1.54. The fourth-order valence-electron chi connectivity index (χ4n) is 2.23. The number of hydrogen-bond acceptors (Lipinski definition) is 4. The van der Waals surface area contributed by atoms with Gasteiger partial charge in [0.25, 0.3) is 0 Å². The summed E-state index contributed by atoms with van der Waals surface area (Å²) >= 11 is 0. The number of ketones is 2. The summed E-state index contributed by atoms with van der Waals surface area (Å²) in [5.41, 5.74) is 0.892. The quantitative estimate of drug-likeness (QED) is 0.726. The molecule has 0 aromatic heterocycles. The molecule has 86 valence electrons. The van der Waals surface area contributed by atoms with Crippen molar-refractivity contribution >= 4 is 11.6 Å². The van der Waals surface area contributed by atoms with E-state index in [1.807, 2.05) is 0 Å². The van der Waals surface area contributed by atoms with E-state index in [4.69, 9.17) is 9.47 Å². The molecule has 0 radical (unpaired) electrons. The van der Waals surface area contributed by atoms with Crippen molar-refractivity contribution < 1.29 is 19.1 Å². The Morgan fingerprint density at radius 2 is 1.12 bits per heavy atom. The Labute approximate surface area is 93.9 Å². The lowest BCUT2D eigenvalue weighted by Crippen LogP contribution is -2.08. The van der Waals surface area contributed by atoms with Gasteiger partial charge in [0.1, 0.15) is 11.5 Å². The second kappa shape index (κ2) is 4.12. The molecule has 2 aliphatic carbocycles. The van der Waals surface area contributed by atoms with E-state index in [2.05, 4.69) is 0 Å². The van der Waals surface area contributed by atoms with Gasteiger partial charge >= 0.3 is 0 Å². The predicted octanol–water partition coefficient (Wildman–Crippen LogP) is 1.51. The van der Waals surface area contributed by atoms with Gasteiger partial charge in [0, 0.05) is 25.7 Å². The van der Waals surface area contributed by atoms with Gasteiger partial charge in [0.05, 0.1) is 25.4 Å². The molecule has 4 nitrogen and oxygen atoms in total. The molecule has 0 saturated heterocycles. The number of allylic oxidation sites excluding steroid dienone is 4. The van der Waals surface area contributed by atoms with Crippen molar-refractivity contribution in [1.82, 2.24) is 0 Å². The summed E-state index contributed by atoms with van der Waals surface area (Å²) in [6.07, 6.45) is 2.01. The van der Waals surface area contributed by atoms with Crippen LogP contribution < -0.4 is 0 Å². The molecule has 0 aromatic rings. The maximum atomic E-state index is 11.8. The van der Waals surface area contributed by atoms with Crippen LogP contribution in [0.3, 0.4) is 0 Å². The van der Waals surface area contributed by atoms with Crippen molar-refractivity contribution in [2.45, 2.75) is 25.7 Å². The van der Waals surface area contributed by atoms with E-state index in [9.17, 15) is 9.59 Å². The molecule has 2 rings (SSSR count). The van der Waals surface area contributed by atoms with E-state index in [1.54, 1.807) is 0 Å². The third-order valence-corrected chi connectivity index (χ3v) is 3.02. The number of Topliss-reactive ketones (excluding diaryl/α,β-unsaturated/α-hetero) is 2. The molecule has 0 N–H and O–H groups in total. The lowest BCUT2D eigenvalue weighted by molar-refractivity contribution is -0.117. The van der Waals surface area contributed by atoms with Crippen LogP contribution in [-0.2, 0) is 19.1 Å². The Morgan fingerprint density at radius 3 is 1.44 bits per heavy atom. The van der Waals surface area contributed by atoms with Crippen molar-refractivity contribution in [3.63, 3.8) is 0 Å². The third-order valence-electron chi connectivity index (χ3n) is 3.02. The van der Waals surface area contributed by atoms with Crippen molar-refractivity contribution in [2.75, 3.05) is 14.2 Å². The van der Waals surface area contributed by atoms with E-state index in [0.717, 1.165) is 0 Å². The van der Waals surface area contributed by atoms with Gasteiger partial charge in [-0.25, -0.2) is 0 Å². The van der Waals surface area contributed by atoms with Gasteiger partial charge in [-0.05, 0) is 0 Å². The molecular formula is C12H14O4. The van der Waals surface area contributed by atoms with E-state index in [1.165, 1.54) is 14.2 Å². The summed E-state index contributed by atoms with van der Waals surface area (Å²) in [7, 11) is 3.06. The van der Waals surface area contributed by atoms with Gasteiger partial charge in [-0.2, -0.15) is 0 Å². The van der Waals surface area contributed by atoms with Crippen LogP contribution in [0.2, 0.25) is 0 Å². The zero-order valence-electron chi connectivity index (χ0n) is 9.46. The Morgan fingerprint density at radius 1 is 0.750 bits per heavy atom. The molecule has 16 heavy (non-hydrogen) atoms. The maximum Gasteiger partial charge on any atom is 0.167 e. The maximum absolute atomic E-state index is 11.8. The van der Waals surface area contributed by atoms with Gasteiger partial charge in [0.2, 0.25) is 0 Å². The molecule has 0 heterocycles. The van der Waals surface area contributed by atoms with Crippen LogP contribution in [0.1, 0.15) is 25.7 Å². The van der Waals surface area contributed by atoms with Crippen LogP contribution in [-0.4, -0.2) is 25.8 Å². The summed E-state index contributed by atoms with van der Waals surface area (Å²) in [4.78, 5) is 23.5. The van der Waals surface area contributed by atoms with E-state index in [0.29, 0.717) is 48.3 Å². The lowest BCUT2D eigenvalue weighted by Gasteiger charge is -2.07. The standard InChI is InChI=1S/C12H14O4/c1-15-9-5-3-7(13)11(9)12-8(14)4-6-10(12)16-2/h3-6H2,1-2H3. The van der Waals surface area contributed by atoms with Gasteiger partial charge in [0.15, 0.2) is 11.6 Å². The number of ether oxygens (including phenoxy) is 2. The molecule has 0 amide bonds. The molecule has 0 atom stereocenters.